The Hall–Kier alpha value is -3.39. The third-order valence-corrected chi connectivity index (χ3v) is 5.35. The summed E-state index contributed by atoms with van der Waals surface area (Å²) in [5.41, 5.74) is 0.119. The summed E-state index contributed by atoms with van der Waals surface area (Å²) in [7, 11) is 0. The van der Waals surface area contributed by atoms with Gasteiger partial charge in [0.2, 0.25) is 6.10 Å². The molecule has 1 atom stereocenters. The second-order valence-electron chi connectivity index (χ2n) is 8.55. The number of ether oxygens (including phenoxy) is 2. The van der Waals surface area contributed by atoms with E-state index in [2.05, 4.69) is 9.97 Å². The van der Waals surface area contributed by atoms with E-state index in [9.17, 15) is 18.7 Å². The molecule has 0 unspecified atom stereocenters. The van der Waals surface area contributed by atoms with Gasteiger partial charge in [0.05, 0.1) is 0 Å². The molecule has 1 heterocycles. The van der Waals surface area contributed by atoms with Gasteiger partial charge in [-0.3, -0.25) is 0 Å². The zero-order chi connectivity index (χ0) is 24.9. The fraction of sp³-hybridized carbons (Fsp3) is 0.346. The van der Waals surface area contributed by atoms with E-state index in [1.54, 1.807) is 19.9 Å². The fourth-order valence-corrected chi connectivity index (χ4v) is 3.72. The number of carboxylic acids is 1. The van der Waals surface area contributed by atoms with Crippen LogP contribution in [-0.2, 0) is 15.1 Å². The Bertz CT molecular complexity index is 1050. The highest BCUT2D eigenvalue weighted by atomic mass is 19.1. The Morgan fingerprint density at radius 1 is 0.941 bits per heavy atom. The molecule has 0 spiro atoms. The van der Waals surface area contributed by atoms with E-state index in [0.29, 0.717) is 28.9 Å². The number of hydrogen-bond donors (Lipinski definition) is 1. The Balaban J connectivity index is 2.24. The van der Waals surface area contributed by atoms with Crippen LogP contribution in [0.4, 0.5) is 8.78 Å². The zero-order valence-corrected chi connectivity index (χ0v) is 19.6. The highest BCUT2D eigenvalue weighted by Crippen LogP contribution is 2.40. The average molecular weight is 471 g/mol. The number of hydrogen-bond acceptors (Lipinski definition) is 5. The van der Waals surface area contributed by atoms with Gasteiger partial charge in [-0.25, -0.2) is 23.5 Å². The van der Waals surface area contributed by atoms with Crippen LogP contribution in [0.1, 0.15) is 42.8 Å². The minimum absolute atomic E-state index is 0.133. The van der Waals surface area contributed by atoms with Gasteiger partial charge in [-0.1, -0.05) is 38.1 Å². The summed E-state index contributed by atoms with van der Waals surface area (Å²) in [6.45, 7) is 7.67. The summed E-state index contributed by atoms with van der Waals surface area (Å²) < 4.78 is 39.9. The molecule has 3 aromatic rings. The summed E-state index contributed by atoms with van der Waals surface area (Å²) in [6, 6.07) is 12.2. The molecule has 8 heteroatoms. The minimum Gasteiger partial charge on any atom is -0.478 e. The van der Waals surface area contributed by atoms with Gasteiger partial charge >= 0.3 is 12.0 Å². The number of benzene rings is 2. The van der Waals surface area contributed by atoms with Crippen molar-refractivity contribution in [2.75, 3.05) is 6.61 Å². The van der Waals surface area contributed by atoms with Crippen molar-refractivity contribution < 1.29 is 28.2 Å². The van der Waals surface area contributed by atoms with Crippen molar-refractivity contribution in [3.63, 3.8) is 0 Å². The molecule has 2 aromatic carbocycles. The Labute approximate surface area is 197 Å². The quantitative estimate of drug-likeness (QED) is 0.438. The van der Waals surface area contributed by atoms with Gasteiger partial charge in [-0.2, -0.15) is 0 Å². The lowest BCUT2D eigenvalue weighted by Crippen LogP contribution is -2.51. The minimum atomic E-state index is -1.75. The van der Waals surface area contributed by atoms with Crippen LogP contribution in [0.3, 0.4) is 0 Å². The fourth-order valence-electron chi connectivity index (χ4n) is 3.72. The first kappa shape index (κ1) is 25.2. The van der Waals surface area contributed by atoms with Crippen molar-refractivity contribution in [3.8, 4) is 6.01 Å². The number of carbonyl (C=O) groups is 1. The van der Waals surface area contributed by atoms with Gasteiger partial charge < -0.3 is 14.6 Å². The maximum Gasteiger partial charge on any atom is 0.348 e. The maximum absolute atomic E-state index is 13.8. The molecule has 3 rings (SSSR count). The van der Waals surface area contributed by atoms with Gasteiger partial charge in [-0.05, 0) is 67.6 Å². The Morgan fingerprint density at radius 3 is 1.82 bits per heavy atom. The number of rotatable bonds is 10. The molecule has 34 heavy (non-hydrogen) atoms. The molecule has 0 aliphatic rings. The average Bonchev–Trinajstić information content (AvgIpc) is 2.76. The second-order valence-corrected chi connectivity index (χ2v) is 8.55. The lowest BCUT2D eigenvalue weighted by Gasteiger charge is -2.39. The van der Waals surface area contributed by atoms with Crippen LogP contribution in [0.25, 0.3) is 0 Å². The van der Waals surface area contributed by atoms with Gasteiger partial charge in [0.1, 0.15) is 11.6 Å². The largest absolute Gasteiger partial charge is 0.478 e. The van der Waals surface area contributed by atoms with Gasteiger partial charge in [0, 0.05) is 18.0 Å². The van der Waals surface area contributed by atoms with Gasteiger partial charge in [0.15, 0.2) is 5.60 Å². The number of aryl methyl sites for hydroxylation is 2. The van der Waals surface area contributed by atoms with E-state index in [-0.39, 0.29) is 18.5 Å². The first-order chi connectivity index (χ1) is 16.1. The van der Waals surface area contributed by atoms with Crippen LogP contribution in [-0.4, -0.2) is 33.8 Å². The molecule has 0 saturated heterocycles. The SMILES string of the molecule is Cc1cc(C)nc(O[C@H](C(=O)O)C(OCCC(C)C)(c2ccc(F)cc2)c2ccc(F)cc2)n1. The van der Waals surface area contributed by atoms with Crippen molar-refractivity contribution in [1.29, 1.82) is 0 Å². The van der Waals surface area contributed by atoms with Crippen molar-refractivity contribution in [2.24, 2.45) is 5.92 Å². The Kier molecular flexibility index (Phi) is 7.94. The van der Waals surface area contributed by atoms with E-state index in [0.717, 1.165) is 0 Å². The monoisotopic (exact) mass is 470 g/mol. The molecular formula is C26H28F2N2O4. The van der Waals surface area contributed by atoms with Crippen LogP contribution in [0.2, 0.25) is 0 Å². The second kappa shape index (κ2) is 10.7. The lowest BCUT2D eigenvalue weighted by molar-refractivity contribution is -0.164. The molecule has 0 amide bonds. The predicted molar refractivity (Wildman–Crippen MR) is 123 cm³/mol. The van der Waals surface area contributed by atoms with E-state index >= 15 is 0 Å². The van der Waals surface area contributed by atoms with Crippen molar-refractivity contribution in [3.05, 3.63) is 88.7 Å². The maximum atomic E-state index is 13.8. The lowest BCUT2D eigenvalue weighted by atomic mass is 9.80. The normalized spacial score (nSPS) is 12.6. The topological polar surface area (TPSA) is 81.5 Å². The summed E-state index contributed by atoms with van der Waals surface area (Å²) in [4.78, 5) is 21.1. The molecule has 0 bridgehead atoms. The number of carboxylic acid groups (broad SMARTS) is 1. The molecule has 0 aliphatic carbocycles. The van der Waals surface area contributed by atoms with Gasteiger partial charge in [0.25, 0.3) is 0 Å². The number of aliphatic carboxylic acids is 1. The van der Waals surface area contributed by atoms with Gasteiger partial charge in [-0.15, -0.1) is 0 Å². The van der Waals surface area contributed by atoms with E-state index in [1.165, 1.54) is 48.5 Å². The molecule has 1 aromatic heterocycles. The summed E-state index contributed by atoms with van der Waals surface area (Å²) in [5, 5.41) is 10.3. The molecule has 0 radical (unpaired) electrons. The van der Waals surface area contributed by atoms with Crippen LogP contribution in [0.15, 0.2) is 54.6 Å². The third kappa shape index (κ3) is 5.75. The zero-order valence-electron chi connectivity index (χ0n) is 19.6. The first-order valence-corrected chi connectivity index (χ1v) is 11.0. The molecule has 1 N–H and O–H groups in total. The molecule has 0 aliphatic heterocycles. The number of halogens is 2. The van der Waals surface area contributed by atoms with Crippen LogP contribution in [0.5, 0.6) is 6.01 Å². The molecule has 6 nitrogen and oxygen atoms in total. The summed E-state index contributed by atoms with van der Waals surface area (Å²) in [5.74, 6) is -2.07. The number of aromatic nitrogens is 2. The van der Waals surface area contributed by atoms with E-state index in [4.69, 9.17) is 9.47 Å². The number of nitrogens with zero attached hydrogens (tertiary/aromatic N) is 2. The predicted octanol–water partition coefficient (Wildman–Crippen LogP) is 5.21. The van der Waals surface area contributed by atoms with Crippen LogP contribution < -0.4 is 4.74 Å². The molecular weight excluding hydrogens is 442 g/mol. The highest BCUT2D eigenvalue weighted by Gasteiger charge is 2.50. The van der Waals surface area contributed by atoms with Crippen molar-refractivity contribution >= 4 is 5.97 Å². The van der Waals surface area contributed by atoms with E-state index in [1.807, 2.05) is 13.8 Å². The standard InChI is InChI=1S/C26H28F2N2O4/c1-16(2)13-14-33-26(19-5-9-21(27)10-6-19,20-7-11-22(28)12-8-20)23(24(31)32)34-25-29-17(3)15-18(4)30-25/h5-12,15-16,23H,13-14H2,1-4H3,(H,31,32)/t23-/m1/s1. The smallest absolute Gasteiger partial charge is 0.348 e. The summed E-state index contributed by atoms with van der Waals surface area (Å²) >= 11 is 0. The highest BCUT2D eigenvalue weighted by molar-refractivity contribution is 5.76. The van der Waals surface area contributed by atoms with Crippen molar-refractivity contribution in [2.45, 2.75) is 45.8 Å². The summed E-state index contributed by atoms with van der Waals surface area (Å²) in [6.07, 6.45) is -1.05. The molecule has 0 saturated carbocycles. The van der Waals surface area contributed by atoms with Crippen molar-refractivity contribution in [1.82, 2.24) is 9.97 Å². The molecule has 180 valence electrons. The van der Waals surface area contributed by atoms with E-state index < -0.39 is 29.3 Å². The third-order valence-electron chi connectivity index (χ3n) is 5.35. The Morgan fingerprint density at radius 2 is 1.41 bits per heavy atom. The molecule has 0 fully saturated rings. The van der Waals surface area contributed by atoms with Crippen LogP contribution >= 0.6 is 0 Å². The first-order valence-electron chi connectivity index (χ1n) is 11.0. The van der Waals surface area contributed by atoms with Crippen LogP contribution in [0, 0.1) is 31.4 Å².